The van der Waals surface area contributed by atoms with E-state index < -0.39 is 0 Å². The number of piperidine rings is 1. The van der Waals surface area contributed by atoms with E-state index in [0.717, 1.165) is 44.3 Å². The quantitative estimate of drug-likeness (QED) is 0.879. The van der Waals surface area contributed by atoms with Crippen molar-refractivity contribution in [3.05, 3.63) is 34.6 Å². The summed E-state index contributed by atoms with van der Waals surface area (Å²) in [5, 5.41) is 6.80. The molecule has 0 spiro atoms. The molecule has 0 radical (unpaired) electrons. The molecule has 1 aliphatic carbocycles. The lowest BCUT2D eigenvalue weighted by Gasteiger charge is -2.24. The Labute approximate surface area is 141 Å². The Morgan fingerprint density at radius 2 is 2.05 bits per heavy atom. The number of carbonyl (C=O) groups is 1. The fourth-order valence-electron chi connectivity index (χ4n) is 3.10. The molecule has 122 valence electrons. The third kappa shape index (κ3) is 3.73. The van der Waals surface area contributed by atoms with E-state index >= 15 is 0 Å². The van der Waals surface area contributed by atoms with Crippen LogP contribution in [-0.4, -0.2) is 25.5 Å². The maximum atomic E-state index is 13.2. The first-order chi connectivity index (χ1) is 10.1. The molecule has 1 amide bonds. The molecule has 6 heteroatoms. The molecule has 2 N–H and O–H groups in total. The Balaban J connectivity index is 0.00000176. The van der Waals surface area contributed by atoms with E-state index in [1.54, 1.807) is 6.07 Å². The Hall–Kier alpha value is -0.840. The van der Waals surface area contributed by atoms with Gasteiger partial charge in [-0.15, -0.1) is 12.4 Å². The van der Waals surface area contributed by atoms with Gasteiger partial charge in [0, 0.05) is 22.9 Å². The molecular formula is C16H21Cl2FN2O. The molecule has 1 aromatic carbocycles. The number of halogens is 3. The number of benzene rings is 1. The Kier molecular flexibility index (Phi) is 5.70. The van der Waals surface area contributed by atoms with Crippen LogP contribution in [0.15, 0.2) is 18.2 Å². The van der Waals surface area contributed by atoms with Gasteiger partial charge in [-0.05, 0) is 56.5 Å². The fraction of sp³-hybridized carbons (Fsp3) is 0.562. The predicted octanol–water partition coefficient (Wildman–Crippen LogP) is 3.05. The summed E-state index contributed by atoms with van der Waals surface area (Å²) in [6, 6.07) is 4.54. The number of hydrogen-bond donors (Lipinski definition) is 2. The van der Waals surface area contributed by atoms with Crippen molar-refractivity contribution in [1.82, 2.24) is 10.6 Å². The number of carbonyl (C=O) groups excluding carboxylic acids is 1. The van der Waals surface area contributed by atoms with Crippen molar-refractivity contribution in [2.24, 2.45) is 5.92 Å². The third-order valence-electron chi connectivity index (χ3n) is 4.67. The molecule has 2 fully saturated rings. The van der Waals surface area contributed by atoms with Crippen LogP contribution in [0.1, 0.15) is 31.2 Å². The summed E-state index contributed by atoms with van der Waals surface area (Å²) in [5.74, 6) is -0.0648. The molecule has 3 nitrogen and oxygen atoms in total. The van der Waals surface area contributed by atoms with Crippen LogP contribution < -0.4 is 10.6 Å². The van der Waals surface area contributed by atoms with Crippen molar-refractivity contribution in [3.63, 3.8) is 0 Å². The fourth-order valence-corrected chi connectivity index (χ4v) is 3.46. The lowest BCUT2D eigenvalue weighted by Crippen LogP contribution is -2.41. The molecule has 0 unspecified atom stereocenters. The topological polar surface area (TPSA) is 41.1 Å². The maximum Gasteiger partial charge on any atom is 0.223 e. The van der Waals surface area contributed by atoms with E-state index in [4.69, 9.17) is 11.6 Å². The zero-order valence-corrected chi connectivity index (χ0v) is 13.9. The highest BCUT2D eigenvalue weighted by Crippen LogP contribution is 2.50. The average Bonchev–Trinajstić information content (AvgIpc) is 3.26. The summed E-state index contributed by atoms with van der Waals surface area (Å²) >= 11 is 6.16. The molecule has 22 heavy (non-hydrogen) atoms. The van der Waals surface area contributed by atoms with E-state index in [9.17, 15) is 9.18 Å². The van der Waals surface area contributed by atoms with Crippen LogP contribution >= 0.6 is 24.0 Å². The number of rotatable bonds is 4. The normalized spacial score (nSPS) is 20.1. The summed E-state index contributed by atoms with van der Waals surface area (Å²) in [7, 11) is 0. The molecule has 1 aromatic rings. The summed E-state index contributed by atoms with van der Waals surface area (Å²) in [4.78, 5) is 12.2. The molecule has 1 heterocycles. The highest BCUT2D eigenvalue weighted by molar-refractivity contribution is 6.31. The monoisotopic (exact) mass is 346 g/mol. The van der Waals surface area contributed by atoms with Crippen LogP contribution in [0.25, 0.3) is 0 Å². The van der Waals surface area contributed by atoms with Gasteiger partial charge in [-0.25, -0.2) is 4.39 Å². The van der Waals surface area contributed by atoms with Gasteiger partial charge in [-0.1, -0.05) is 17.7 Å². The third-order valence-corrected chi connectivity index (χ3v) is 4.98. The van der Waals surface area contributed by atoms with Crippen LogP contribution in [0.2, 0.25) is 5.02 Å². The van der Waals surface area contributed by atoms with Crippen molar-refractivity contribution in [1.29, 1.82) is 0 Å². The first kappa shape index (κ1) is 17.5. The molecule has 3 rings (SSSR count). The summed E-state index contributed by atoms with van der Waals surface area (Å²) < 4.78 is 13.2. The van der Waals surface area contributed by atoms with Crippen LogP contribution in [0.5, 0.6) is 0 Å². The maximum absolute atomic E-state index is 13.2. The molecule has 0 atom stereocenters. The lowest BCUT2D eigenvalue weighted by molar-refractivity contribution is -0.125. The zero-order chi connectivity index (χ0) is 14.9. The van der Waals surface area contributed by atoms with Gasteiger partial charge in [-0.3, -0.25) is 4.79 Å². The molecule has 0 aromatic heterocycles. The van der Waals surface area contributed by atoms with Gasteiger partial charge in [0.25, 0.3) is 0 Å². The van der Waals surface area contributed by atoms with Crippen molar-refractivity contribution < 1.29 is 9.18 Å². The molecule has 2 aliphatic rings. The molecular weight excluding hydrogens is 326 g/mol. The van der Waals surface area contributed by atoms with Gasteiger partial charge in [0.15, 0.2) is 0 Å². The Morgan fingerprint density at radius 3 is 2.64 bits per heavy atom. The SMILES string of the molecule is Cl.O=C(NCC1(c2ccc(F)cc2Cl)CC1)C1CCNCC1. The summed E-state index contributed by atoms with van der Waals surface area (Å²) in [6.07, 6.45) is 3.78. The minimum atomic E-state index is -0.321. The highest BCUT2D eigenvalue weighted by atomic mass is 35.5. The van der Waals surface area contributed by atoms with Crippen molar-refractivity contribution >= 4 is 29.9 Å². The number of amides is 1. The van der Waals surface area contributed by atoms with E-state index in [1.165, 1.54) is 12.1 Å². The second-order valence-electron chi connectivity index (χ2n) is 6.15. The first-order valence-corrected chi connectivity index (χ1v) is 7.92. The van der Waals surface area contributed by atoms with E-state index in [2.05, 4.69) is 10.6 Å². The smallest absolute Gasteiger partial charge is 0.223 e. The summed E-state index contributed by atoms with van der Waals surface area (Å²) in [6.45, 7) is 2.42. The molecule has 0 bridgehead atoms. The van der Waals surface area contributed by atoms with Crippen LogP contribution in [-0.2, 0) is 10.2 Å². The summed E-state index contributed by atoms with van der Waals surface area (Å²) in [5.41, 5.74) is 0.865. The van der Waals surface area contributed by atoms with Crippen LogP contribution in [0.4, 0.5) is 4.39 Å². The first-order valence-electron chi connectivity index (χ1n) is 7.55. The Bertz CT molecular complexity index is 543. The van der Waals surface area contributed by atoms with Crippen LogP contribution in [0.3, 0.4) is 0 Å². The zero-order valence-electron chi connectivity index (χ0n) is 12.3. The standard InChI is InChI=1S/C16H20ClFN2O.ClH/c17-14-9-12(18)1-2-13(14)16(5-6-16)10-20-15(21)11-3-7-19-8-4-11;/h1-2,9,11,19H,3-8,10H2,(H,20,21);1H. The van der Waals surface area contributed by atoms with Gasteiger partial charge in [0.05, 0.1) is 0 Å². The number of hydrogen-bond acceptors (Lipinski definition) is 2. The predicted molar refractivity (Wildman–Crippen MR) is 88.2 cm³/mol. The van der Waals surface area contributed by atoms with Gasteiger partial charge in [0.1, 0.15) is 5.82 Å². The average molecular weight is 347 g/mol. The van der Waals surface area contributed by atoms with Crippen molar-refractivity contribution in [2.75, 3.05) is 19.6 Å². The van der Waals surface area contributed by atoms with Gasteiger partial charge < -0.3 is 10.6 Å². The molecule has 1 saturated carbocycles. The van der Waals surface area contributed by atoms with Crippen molar-refractivity contribution in [3.8, 4) is 0 Å². The van der Waals surface area contributed by atoms with E-state index in [-0.39, 0.29) is 35.5 Å². The van der Waals surface area contributed by atoms with Gasteiger partial charge >= 0.3 is 0 Å². The van der Waals surface area contributed by atoms with Gasteiger partial charge in [0.2, 0.25) is 5.91 Å². The van der Waals surface area contributed by atoms with Crippen LogP contribution in [0, 0.1) is 11.7 Å². The second-order valence-corrected chi connectivity index (χ2v) is 6.55. The Morgan fingerprint density at radius 1 is 1.36 bits per heavy atom. The minimum absolute atomic E-state index is 0. The van der Waals surface area contributed by atoms with Gasteiger partial charge in [-0.2, -0.15) is 0 Å². The minimum Gasteiger partial charge on any atom is -0.355 e. The highest BCUT2D eigenvalue weighted by Gasteiger charge is 2.45. The van der Waals surface area contributed by atoms with E-state index in [0.29, 0.717) is 11.6 Å². The largest absolute Gasteiger partial charge is 0.355 e. The molecule has 1 aliphatic heterocycles. The molecule has 1 saturated heterocycles. The number of nitrogens with one attached hydrogen (secondary N) is 2. The second kappa shape index (κ2) is 7.16. The van der Waals surface area contributed by atoms with Crippen molar-refractivity contribution in [2.45, 2.75) is 31.1 Å². The lowest BCUT2D eigenvalue weighted by atomic mass is 9.94. The van der Waals surface area contributed by atoms with E-state index in [1.807, 2.05) is 0 Å².